The molecule has 0 radical (unpaired) electrons. The van der Waals surface area contributed by atoms with Gasteiger partial charge in [0.25, 0.3) is 10.1 Å². The van der Waals surface area contributed by atoms with Crippen molar-refractivity contribution >= 4 is 91.6 Å². The van der Waals surface area contributed by atoms with Crippen LogP contribution in [0.4, 0.5) is 34.1 Å². The summed E-state index contributed by atoms with van der Waals surface area (Å²) in [7, 11) is -18.1. The summed E-state index contributed by atoms with van der Waals surface area (Å²) in [5.41, 5.74) is 7.07. The van der Waals surface area contributed by atoms with E-state index in [0.717, 1.165) is 11.6 Å². The quantitative estimate of drug-likeness (QED) is 0.0316. The minimum absolute atomic E-state index is 0.0537. The maximum absolute atomic E-state index is 12.5. The molecule has 0 aliphatic heterocycles. The largest absolute Gasteiger partial charge is 0.505 e. The number of phenolic OH excluding ortho intramolecular Hbond substituents is 1. The highest BCUT2D eigenvalue weighted by Crippen LogP contribution is 2.46. The van der Waals surface area contributed by atoms with Crippen molar-refractivity contribution in [2.24, 2.45) is 20.5 Å². The Balaban J connectivity index is 1.49. The Hall–Kier alpha value is -4.99. The molecule has 302 valence electrons. The van der Waals surface area contributed by atoms with Crippen molar-refractivity contribution in [1.82, 2.24) is 0 Å². The van der Waals surface area contributed by atoms with Crippen LogP contribution in [0.3, 0.4) is 0 Å². The number of sulfone groups is 1. The molecule has 0 spiro atoms. The first-order valence-electron chi connectivity index (χ1n) is 15.9. The van der Waals surface area contributed by atoms with Gasteiger partial charge in [-0.25, -0.2) is 16.8 Å². The van der Waals surface area contributed by atoms with Crippen LogP contribution in [-0.4, -0.2) is 83.1 Å². The van der Waals surface area contributed by atoms with E-state index in [2.05, 4.69) is 34.1 Å². The van der Waals surface area contributed by atoms with E-state index in [1.807, 2.05) is 0 Å². The Morgan fingerprint density at radius 2 is 1.39 bits per heavy atom. The molecule has 4 aromatic carbocycles. The molecular formula is C31H34N6O15S4. The smallest absolute Gasteiger partial charge is 0.397 e. The van der Waals surface area contributed by atoms with Crippen molar-refractivity contribution < 1.29 is 65.6 Å². The first-order chi connectivity index (χ1) is 26.1. The number of benzene rings is 4. The summed E-state index contributed by atoms with van der Waals surface area (Å²) in [6.07, 6.45) is 0.385. The van der Waals surface area contributed by atoms with Crippen LogP contribution in [0.1, 0.15) is 24.8 Å². The van der Waals surface area contributed by atoms with Crippen LogP contribution in [0, 0.1) is 0 Å². The van der Waals surface area contributed by atoms with E-state index in [-0.39, 0.29) is 53.0 Å². The maximum atomic E-state index is 12.5. The van der Waals surface area contributed by atoms with E-state index in [1.54, 1.807) is 24.3 Å². The molecule has 0 aliphatic rings. The Bertz CT molecular complexity index is 2600. The number of amides is 1. The number of aryl methyl sites for hydroxylation is 1. The van der Waals surface area contributed by atoms with Crippen molar-refractivity contribution in [1.29, 1.82) is 0 Å². The number of anilines is 2. The maximum Gasteiger partial charge on any atom is 0.397 e. The summed E-state index contributed by atoms with van der Waals surface area (Å²) in [6.45, 7) is -0.995. The fraction of sp³-hybridized carbons (Fsp3) is 0.258. The summed E-state index contributed by atoms with van der Waals surface area (Å²) in [5.74, 6) is -2.53. The molecule has 21 nitrogen and oxygen atoms in total. The normalized spacial score (nSPS) is 12.8. The van der Waals surface area contributed by atoms with Gasteiger partial charge in [-0.2, -0.15) is 35.5 Å². The van der Waals surface area contributed by atoms with E-state index in [1.165, 1.54) is 36.4 Å². The predicted octanol–water partition coefficient (Wildman–Crippen LogP) is 4.91. The second-order valence-corrected chi connectivity index (χ2v) is 17.5. The molecule has 0 aromatic heterocycles. The molecule has 4 rings (SSSR count). The molecule has 0 unspecified atom stereocenters. The molecule has 0 saturated heterocycles. The number of nitrogens with two attached hydrogens (primary N) is 1. The molecule has 56 heavy (non-hydrogen) atoms. The highest BCUT2D eigenvalue weighted by molar-refractivity contribution is 7.91. The second-order valence-electron chi connectivity index (χ2n) is 11.7. The zero-order valence-corrected chi connectivity index (χ0v) is 32.1. The number of nitrogens with zero attached hydrogens (tertiary/aromatic N) is 4. The topological polar surface area (TPSA) is 341 Å². The molecular weight excluding hydrogens is 825 g/mol. The lowest BCUT2D eigenvalue weighted by Crippen LogP contribution is -2.19. The number of hydrogen-bond donors (Lipinski definition) is 6. The van der Waals surface area contributed by atoms with Crippen LogP contribution in [0.5, 0.6) is 5.75 Å². The van der Waals surface area contributed by atoms with E-state index in [9.17, 15) is 48.1 Å². The Labute approximate surface area is 320 Å². The minimum atomic E-state index is -4.98. The summed E-state index contributed by atoms with van der Waals surface area (Å²) in [4.78, 5) is 11.7. The van der Waals surface area contributed by atoms with Crippen molar-refractivity contribution in [2.75, 3.05) is 35.8 Å². The molecule has 1 amide bonds. The number of nitrogen functional groups attached to an aromatic ring is 1. The van der Waals surface area contributed by atoms with Gasteiger partial charge < -0.3 is 16.2 Å². The first-order valence-corrected chi connectivity index (χ1v) is 21.9. The second kappa shape index (κ2) is 18.3. The number of aromatic hydroxyl groups is 1. The summed E-state index contributed by atoms with van der Waals surface area (Å²) in [5, 5.41) is 29.9. The standard InChI is InChI=1S/C31H34N6O15S4/c32-29-25(36-34-22-11-8-20(9-12-22)4-2-14-51-55(45,46)47)13-10-21-18-26(54(42,43)44)30(31(39)28(21)29)37-35-24-6-1-5-23(19-24)33-27(38)7-3-16-53(40,41)17-15-52-56(48,49)50/h1,5-6,8-13,18-19,39H,2-4,7,14-17,32H2,(H,33,38)(H,42,43,44)(H,45,46,47)(H,48,49,50). The number of rotatable bonds is 19. The predicted molar refractivity (Wildman–Crippen MR) is 201 cm³/mol. The number of hydrogen-bond acceptors (Lipinski definition) is 17. The summed E-state index contributed by atoms with van der Waals surface area (Å²) >= 11 is 0. The Morgan fingerprint density at radius 1 is 0.732 bits per heavy atom. The molecule has 25 heteroatoms. The molecule has 7 N–H and O–H groups in total. The van der Waals surface area contributed by atoms with Gasteiger partial charge in [0.05, 0.1) is 47.2 Å². The van der Waals surface area contributed by atoms with Crippen molar-refractivity contribution in [2.45, 2.75) is 30.6 Å². The number of carbonyl (C=O) groups excluding carboxylic acids is 1. The number of phenols is 1. The van der Waals surface area contributed by atoms with Gasteiger partial charge in [0.1, 0.15) is 16.3 Å². The molecule has 0 atom stereocenters. The lowest BCUT2D eigenvalue weighted by molar-refractivity contribution is -0.116. The molecule has 0 aliphatic carbocycles. The van der Waals surface area contributed by atoms with Crippen LogP contribution in [0.15, 0.2) is 92.1 Å². The average molecular weight is 859 g/mol. The summed E-state index contributed by atoms with van der Waals surface area (Å²) in [6, 6.07) is 16.2. The molecule has 0 saturated carbocycles. The first kappa shape index (κ1) is 43.7. The van der Waals surface area contributed by atoms with E-state index in [0.29, 0.717) is 18.5 Å². The van der Waals surface area contributed by atoms with Crippen LogP contribution < -0.4 is 11.1 Å². The van der Waals surface area contributed by atoms with E-state index < -0.39 is 81.1 Å². The monoisotopic (exact) mass is 858 g/mol. The van der Waals surface area contributed by atoms with Gasteiger partial charge in [-0.05, 0) is 72.7 Å². The third kappa shape index (κ3) is 13.6. The lowest BCUT2D eigenvalue weighted by Gasteiger charge is -2.12. The molecule has 0 heterocycles. The van der Waals surface area contributed by atoms with Gasteiger partial charge in [0.2, 0.25) is 5.91 Å². The minimum Gasteiger partial charge on any atom is -0.505 e. The van der Waals surface area contributed by atoms with Gasteiger partial charge in [-0.1, -0.05) is 24.3 Å². The number of azo groups is 2. The highest BCUT2D eigenvalue weighted by atomic mass is 32.3. The van der Waals surface area contributed by atoms with E-state index in [4.69, 9.17) is 14.8 Å². The van der Waals surface area contributed by atoms with Crippen molar-refractivity contribution in [3.05, 3.63) is 72.3 Å². The highest BCUT2D eigenvalue weighted by Gasteiger charge is 2.24. The van der Waals surface area contributed by atoms with Crippen molar-refractivity contribution in [3.8, 4) is 5.75 Å². The molecule has 0 fully saturated rings. The van der Waals surface area contributed by atoms with Gasteiger partial charge in [-0.15, -0.1) is 10.2 Å². The Morgan fingerprint density at radius 3 is 2.05 bits per heavy atom. The number of carbonyl (C=O) groups is 1. The zero-order chi connectivity index (χ0) is 41.3. The van der Waals surface area contributed by atoms with Gasteiger partial charge in [-0.3, -0.25) is 18.5 Å². The van der Waals surface area contributed by atoms with Crippen LogP contribution in [0.25, 0.3) is 10.8 Å². The van der Waals surface area contributed by atoms with Crippen LogP contribution in [-0.2, 0) is 60.3 Å². The number of fused-ring (bicyclic) bond motifs is 1. The molecule has 4 aromatic rings. The molecule has 0 bridgehead atoms. The number of nitrogens with one attached hydrogen (secondary N) is 1. The Kier molecular flexibility index (Phi) is 14.3. The van der Waals surface area contributed by atoms with Crippen LogP contribution >= 0.6 is 0 Å². The van der Waals surface area contributed by atoms with Gasteiger partial charge in [0.15, 0.2) is 15.6 Å². The third-order valence-corrected chi connectivity index (χ3v) is 10.9. The zero-order valence-electron chi connectivity index (χ0n) is 28.8. The van der Waals surface area contributed by atoms with Gasteiger partial charge >= 0.3 is 20.8 Å². The van der Waals surface area contributed by atoms with E-state index >= 15 is 0 Å². The van der Waals surface area contributed by atoms with Crippen molar-refractivity contribution in [3.63, 3.8) is 0 Å². The third-order valence-electron chi connectivity index (χ3n) is 7.45. The fourth-order valence-corrected chi connectivity index (χ4v) is 7.43. The fourth-order valence-electron chi connectivity index (χ4n) is 4.91. The van der Waals surface area contributed by atoms with Crippen LogP contribution in [0.2, 0.25) is 0 Å². The summed E-state index contributed by atoms with van der Waals surface area (Å²) < 4.78 is 127. The van der Waals surface area contributed by atoms with Gasteiger partial charge in [0, 0.05) is 12.1 Å². The lowest BCUT2D eigenvalue weighted by atomic mass is 10.1. The average Bonchev–Trinajstić information content (AvgIpc) is 3.08. The SMILES string of the molecule is Nc1c(N=Nc2ccc(CCCOS(=O)(=O)O)cc2)ccc2cc(S(=O)(=O)O)c(N=Nc3cccc(NC(=O)CCCS(=O)(=O)CCOS(=O)(=O)O)c3)c(O)c12.